The molecule has 2 aliphatic rings. The highest BCUT2D eigenvalue weighted by atomic mass is 16.3. The third-order valence-corrected chi connectivity index (χ3v) is 9.10. The molecule has 9 heteroatoms. The Morgan fingerprint density at radius 1 is 1.09 bits per heavy atom. The van der Waals surface area contributed by atoms with Crippen LogP contribution < -0.4 is 10.9 Å². The van der Waals surface area contributed by atoms with Gasteiger partial charge in [-0.1, -0.05) is 12.1 Å². The van der Waals surface area contributed by atoms with Crippen LogP contribution in [0.15, 0.2) is 47.5 Å². The second-order valence-corrected chi connectivity index (χ2v) is 13.2. The van der Waals surface area contributed by atoms with Crippen molar-refractivity contribution >= 4 is 22.8 Å². The lowest BCUT2D eigenvalue weighted by atomic mass is 9.83. The number of nitrogens with zero attached hydrogens (tertiary/aromatic N) is 4. The number of hydrogen-bond acceptors (Lipinski definition) is 5. The topological polar surface area (TPSA) is 127 Å². The molecule has 1 saturated heterocycles. The highest BCUT2D eigenvalue weighted by Crippen LogP contribution is 2.34. The standard InChI is InChI=1S/C34H44N6O3/c1-22(2)36-31(41)25-9-11-28(12-10-25)40-30-19-24(21-39-16-14-27(15-17-39)34(3,4)43)8-13-29(30)37-33(40)38-32(42)26-7-5-6-23(18-26)20-35/h5-8,13,18-19,22,25,27-28,43H,9-12,14-17,21H2,1-4H3,(H,36,41)(H,37,38,42)/t25-,28+. The molecule has 1 aliphatic heterocycles. The fourth-order valence-electron chi connectivity index (χ4n) is 6.66. The number of imidazole rings is 1. The maximum atomic E-state index is 13.3. The van der Waals surface area contributed by atoms with Crippen molar-refractivity contribution in [2.45, 2.75) is 90.4 Å². The minimum absolute atomic E-state index is 0.0115. The summed E-state index contributed by atoms with van der Waals surface area (Å²) in [5.74, 6) is 0.0109. The molecule has 1 saturated carbocycles. The number of carbonyl (C=O) groups excluding carboxylic acids is 2. The van der Waals surface area contributed by atoms with E-state index in [0.29, 0.717) is 22.7 Å². The number of nitriles is 1. The third kappa shape index (κ3) is 7.26. The SMILES string of the molecule is CC(C)NC(=O)[C@H]1CC[C@@H](n2/c(=N/C(=O)c3cccc(C#N)c3)[nH]c3ccc(CN4CCC(C(C)(C)O)CC4)cc32)CC1. The van der Waals surface area contributed by atoms with E-state index in [2.05, 4.69) is 49.0 Å². The molecule has 2 aromatic carbocycles. The quantitative estimate of drug-likeness (QED) is 0.367. The van der Waals surface area contributed by atoms with E-state index >= 15 is 0 Å². The molecule has 5 rings (SSSR count). The summed E-state index contributed by atoms with van der Waals surface area (Å²) < 4.78 is 2.15. The smallest absolute Gasteiger partial charge is 0.280 e. The van der Waals surface area contributed by atoms with Gasteiger partial charge >= 0.3 is 0 Å². The second-order valence-electron chi connectivity index (χ2n) is 13.2. The van der Waals surface area contributed by atoms with E-state index in [1.54, 1.807) is 24.3 Å². The van der Waals surface area contributed by atoms with Gasteiger partial charge in [0.05, 0.1) is 28.3 Å². The van der Waals surface area contributed by atoms with Crippen LogP contribution in [0.1, 0.15) is 93.7 Å². The van der Waals surface area contributed by atoms with Gasteiger partial charge in [-0.25, -0.2) is 0 Å². The van der Waals surface area contributed by atoms with Crippen molar-refractivity contribution in [1.82, 2.24) is 19.8 Å². The first kappa shape index (κ1) is 30.7. The highest BCUT2D eigenvalue weighted by Gasteiger charge is 2.31. The summed E-state index contributed by atoms with van der Waals surface area (Å²) in [5.41, 5.74) is 3.71. The zero-order valence-corrected chi connectivity index (χ0v) is 25.8. The van der Waals surface area contributed by atoms with Crippen LogP contribution in [0.5, 0.6) is 0 Å². The molecule has 0 radical (unpaired) electrons. The van der Waals surface area contributed by atoms with Gasteiger partial charge in [-0.05, 0) is 121 Å². The minimum atomic E-state index is -0.649. The van der Waals surface area contributed by atoms with Crippen molar-refractivity contribution in [3.8, 4) is 6.07 Å². The van der Waals surface area contributed by atoms with Crippen LogP contribution in [-0.4, -0.2) is 56.1 Å². The van der Waals surface area contributed by atoms with E-state index in [-0.39, 0.29) is 23.9 Å². The molecule has 2 fully saturated rings. The van der Waals surface area contributed by atoms with Gasteiger partial charge < -0.3 is 20.0 Å². The Morgan fingerprint density at radius 3 is 2.47 bits per heavy atom. The van der Waals surface area contributed by atoms with Crippen molar-refractivity contribution in [1.29, 1.82) is 5.26 Å². The lowest BCUT2D eigenvalue weighted by molar-refractivity contribution is -0.126. The van der Waals surface area contributed by atoms with Crippen LogP contribution in [0.25, 0.3) is 11.0 Å². The average Bonchev–Trinajstić information content (AvgIpc) is 3.33. The van der Waals surface area contributed by atoms with Crippen molar-refractivity contribution in [2.24, 2.45) is 16.8 Å². The fourth-order valence-corrected chi connectivity index (χ4v) is 6.66. The summed E-state index contributed by atoms with van der Waals surface area (Å²) >= 11 is 0. The van der Waals surface area contributed by atoms with Crippen molar-refractivity contribution < 1.29 is 14.7 Å². The number of amides is 2. The number of hydrogen-bond donors (Lipinski definition) is 3. The number of aliphatic hydroxyl groups is 1. The van der Waals surface area contributed by atoms with Gasteiger partial charge in [0, 0.05) is 30.1 Å². The molecule has 0 bridgehead atoms. The zero-order chi connectivity index (χ0) is 30.7. The average molecular weight is 585 g/mol. The predicted octanol–water partition coefficient (Wildman–Crippen LogP) is 4.82. The number of nitrogens with one attached hydrogen (secondary N) is 2. The Bertz CT molecular complexity index is 1570. The van der Waals surface area contributed by atoms with Gasteiger partial charge in [0.25, 0.3) is 5.91 Å². The number of fused-ring (bicyclic) bond motifs is 1. The summed E-state index contributed by atoms with van der Waals surface area (Å²) in [6.45, 7) is 10.5. The van der Waals surface area contributed by atoms with Crippen LogP contribution in [0.2, 0.25) is 0 Å². The predicted molar refractivity (Wildman–Crippen MR) is 166 cm³/mol. The van der Waals surface area contributed by atoms with Crippen LogP contribution in [0.3, 0.4) is 0 Å². The molecule has 9 nitrogen and oxygen atoms in total. The lowest BCUT2D eigenvalue weighted by Gasteiger charge is -2.37. The number of rotatable bonds is 7. The van der Waals surface area contributed by atoms with Crippen molar-refractivity contribution in [2.75, 3.05) is 13.1 Å². The monoisotopic (exact) mass is 584 g/mol. The first-order chi connectivity index (χ1) is 20.5. The van der Waals surface area contributed by atoms with Gasteiger partial charge in [0.1, 0.15) is 0 Å². The number of benzene rings is 2. The van der Waals surface area contributed by atoms with Crippen LogP contribution in [0, 0.1) is 23.2 Å². The summed E-state index contributed by atoms with van der Waals surface area (Å²) in [7, 11) is 0. The Balaban J connectivity index is 1.45. The van der Waals surface area contributed by atoms with Gasteiger partial charge in [-0.15, -0.1) is 0 Å². The number of carbonyl (C=O) groups is 2. The summed E-state index contributed by atoms with van der Waals surface area (Å²) in [6.07, 6.45) is 5.11. The Morgan fingerprint density at radius 2 is 1.81 bits per heavy atom. The van der Waals surface area contributed by atoms with E-state index < -0.39 is 11.5 Å². The molecule has 43 heavy (non-hydrogen) atoms. The molecule has 2 heterocycles. The van der Waals surface area contributed by atoms with Gasteiger partial charge in [0.15, 0.2) is 0 Å². The van der Waals surface area contributed by atoms with Crippen molar-refractivity contribution in [3.63, 3.8) is 0 Å². The van der Waals surface area contributed by atoms with Crippen molar-refractivity contribution in [3.05, 3.63) is 64.8 Å². The molecule has 228 valence electrons. The van der Waals surface area contributed by atoms with Crippen LogP contribution >= 0.6 is 0 Å². The van der Waals surface area contributed by atoms with Crippen LogP contribution in [0.4, 0.5) is 0 Å². The van der Waals surface area contributed by atoms with Crippen LogP contribution in [-0.2, 0) is 11.3 Å². The molecular formula is C34H44N6O3. The van der Waals surface area contributed by atoms with E-state index in [1.807, 2.05) is 27.7 Å². The largest absolute Gasteiger partial charge is 0.390 e. The van der Waals surface area contributed by atoms with E-state index in [0.717, 1.165) is 69.2 Å². The Hall–Kier alpha value is -3.74. The molecule has 3 aromatic rings. The molecular weight excluding hydrogens is 540 g/mol. The third-order valence-electron chi connectivity index (χ3n) is 9.10. The summed E-state index contributed by atoms with van der Waals surface area (Å²) in [4.78, 5) is 36.4. The molecule has 1 aromatic heterocycles. The first-order valence-corrected chi connectivity index (χ1v) is 15.6. The molecule has 2 amide bonds. The van der Waals surface area contributed by atoms with Gasteiger partial charge in [0.2, 0.25) is 11.5 Å². The summed E-state index contributed by atoms with van der Waals surface area (Å²) in [6, 6.07) is 15.3. The zero-order valence-electron chi connectivity index (χ0n) is 25.8. The van der Waals surface area contributed by atoms with E-state index in [1.165, 1.54) is 5.56 Å². The highest BCUT2D eigenvalue weighted by molar-refractivity contribution is 5.95. The van der Waals surface area contributed by atoms with E-state index in [4.69, 9.17) is 0 Å². The number of aromatic amines is 1. The Labute approximate surface area is 253 Å². The lowest BCUT2D eigenvalue weighted by Crippen LogP contribution is -2.41. The number of piperidine rings is 1. The number of aromatic nitrogens is 2. The molecule has 3 N–H and O–H groups in total. The van der Waals surface area contributed by atoms with Gasteiger partial charge in [-0.2, -0.15) is 10.3 Å². The first-order valence-electron chi connectivity index (χ1n) is 15.6. The summed E-state index contributed by atoms with van der Waals surface area (Å²) in [5, 5.41) is 22.8. The minimum Gasteiger partial charge on any atom is -0.390 e. The molecule has 0 spiro atoms. The number of H-pyrrole nitrogens is 1. The fraction of sp³-hybridized carbons (Fsp3) is 0.529. The van der Waals surface area contributed by atoms with E-state index in [9.17, 15) is 20.0 Å². The molecule has 1 aliphatic carbocycles. The normalized spacial score (nSPS) is 20.8. The Kier molecular flexibility index (Phi) is 9.19. The molecule has 0 unspecified atom stereocenters. The molecule has 0 atom stereocenters. The van der Waals surface area contributed by atoms with Gasteiger partial charge in [-0.3, -0.25) is 14.5 Å². The maximum Gasteiger partial charge on any atom is 0.280 e. The maximum absolute atomic E-state index is 13.3. The second kappa shape index (κ2) is 12.9. The number of likely N-dealkylation sites (tertiary alicyclic amines) is 1.